The Bertz CT molecular complexity index is 609. The lowest BCUT2D eigenvalue weighted by molar-refractivity contribution is 0.0690. The van der Waals surface area contributed by atoms with Crippen LogP contribution in [0.2, 0.25) is 0 Å². The van der Waals surface area contributed by atoms with Crippen LogP contribution in [0, 0.1) is 12.7 Å². The van der Waals surface area contributed by atoms with Crippen molar-refractivity contribution in [3.63, 3.8) is 0 Å². The molecule has 0 atom stereocenters. The van der Waals surface area contributed by atoms with Crippen LogP contribution in [0.4, 0.5) is 4.39 Å². The number of benzene rings is 1. The number of aromatic carboxylic acids is 1. The lowest BCUT2D eigenvalue weighted by Crippen LogP contribution is -1.98. The molecular formula is C12H10FNO3S. The quantitative estimate of drug-likeness (QED) is 0.928. The van der Waals surface area contributed by atoms with Crippen LogP contribution < -0.4 is 4.74 Å². The van der Waals surface area contributed by atoms with Gasteiger partial charge in [-0.1, -0.05) is 0 Å². The van der Waals surface area contributed by atoms with Crippen LogP contribution in [0.25, 0.3) is 10.6 Å². The van der Waals surface area contributed by atoms with Gasteiger partial charge >= 0.3 is 5.97 Å². The molecule has 0 spiro atoms. The zero-order valence-electron chi connectivity index (χ0n) is 9.73. The number of rotatable bonds is 3. The number of hydrogen-bond acceptors (Lipinski definition) is 4. The van der Waals surface area contributed by atoms with Crippen LogP contribution in [-0.4, -0.2) is 23.2 Å². The van der Waals surface area contributed by atoms with Gasteiger partial charge in [0.15, 0.2) is 5.69 Å². The summed E-state index contributed by atoms with van der Waals surface area (Å²) in [5.41, 5.74) is 0.201. The smallest absolute Gasteiger partial charge is 0.355 e. The SMILES string of the molecule is COc1ccc(F)c(-c2nc(C(=O)O)c(C)s2)c1. The van der Waals surface area contributed by atoms with Crippen LogP contribution in [0.15, 0.2) is 18.2 Å². The molecule has 4 nitrogen and oxygen atoms in total. The lowest BCUT2D eigenvalue weighted by Gasteiger charge is -2.03. The first-order valence-electron chi connectivity index (χ1n) is 5.07. The van der Waals surface area contributed by atoms with Gasteiger partial charge < -0.3 is 9.84 Å². The van der Waals surface area contributed by atoms with E-state index in [2.05, 4.69) is 4.98 Å². The topological polar surface area (TPSA) is 59.4 Å². The number of halogens is 1. The monoisotopic (exact) mass is 267 g/mol. The van der Waals surface area contributed by atoms with E-state index in [4.69, 9.17) is 9.84 Å². The number of aryl methyl sites for hydroxylation is 1. The van der Waals surface area contributed by atoms with E-state index >= 15 is 0 Å². The second-order valence-electron chi connectivity index (χ2n) is 3.57. The predicted octanol–water partition coefficient (Wildman–Crippen LogP) is 2.96. The van der Waals surface area contributed by atoms with E-state index < -0.39 is 11.8 Å². The fourth-order valence-electron chi connectivity index (χ4n) is 1.51. The van der Waals surface area contributed by atoms with E-state index in [-0.39, 0.29) is 11.3 Å². The minimum absolute atomic E-state index is 0.0442. The van der Waals surface area contributed by atoms with Gasteiger partial charge in [0.1, 0.15) is 16.6 Å². The van der Waals surface area contributed by atoms with Crippen LogP contribution >= 0.6 is 11.3 Å². The summed E-state index contributed by atoms with van der Waals surface area (Å²) in [5, 5.41) is 9.26. The molecule has 0 saturated carbocycles. The third kappa shape index (κ3) is 2.19. The molecule has 2 rings (SSSR count). The molecule has 1 aromatic carbocycles. The zero-order valence-corrected chi connectivity index (χ0v) is 10.5. The molecule has 18 heavy (non-hydrogen) atoms. The molecule has 0 saturated heterocycles. The van der Waals surface area contributed by atoms with Crippen molar-refractivity contribution < 1.29 is 19.0 Å². The average molecular weight is 267 g/mol. The summed E-state index contributed by atoms with van der Waals surface area (Å²) in [4.78, 5) is 15.4. The number of ether oxygens (including phenoxy) is 1. The van der Waals surface area contributed by atoms with Gasteiger partial charge in [0.2, 0.25) is 0 Å². The predicted molar refractivity (Wildman–Crippen MR) is 65.8 cm³/mol. The maximum absolute atomic E-state index is 13.7. The van der Waals surface area contributed by atoms with Crippen molar-refractivity contribution in [2.75, 3.05) is 7.11 Å². The van der Waals surface area contributed by atoms with Gasteiger partial charge in [-0.2, -0.15) is 0 Å². The second-order valence-corrected chi connectivity index (χ2v) is 4.78. The molecule has 0 aliphatic carbocycles. The Morgan fingerprint density at radius 2 is 2.22 bits per heavy atom. The van der Waals surface area contributed by atoms with E-state index in [0.29, 0.717) is 15.6 Å². The van der Waals surface area contributed by atoms with Gasteiger partial charge in [0, 0.05) is 10.4 Å². The van der Waals surface area contributed by atoms with Gasteiger partial charge in [0.05, 0.1) is 7.11 Å². The molecule has 1 N–H and O–H groups in total. The molecule has 0 amide bonds. The van der Waals surface area contributed by atoms with Gasteiger partial charge in [-0.15, -0.1) is 11.3 Å². The summed E-state index contributed by atoms with van der Waals surface area (Å²) in [6.45, 7) is 1.64. The number of methoxy groups -OCH3 is 1. The van der Waals surface area contributed by atoms with Crippen molar-refractivity contribution in [3.05, 3.63) is 34.6 Å². The Labute approximate surface area is 107 Å². The standard InChI is InChI=1S/C12H10FNO3S/c1-6-10(12(15)16)14-11(18-6)8-5-7(17-2)3-4-9(8)13/h3-5H,1-2H3,(H,15,16). The molecule has 0 aliphatic heterocycles. The molecule has 0 fully saturated rings. The molecule has 1 aromatic heterocycles. The third-order valence-electron chi connectivity index (χ3n) is 2.40. The Kier molecular flexibility index (Phi) is 3.29. The summed E-state index contributed by atoms with van der Waals surface area (Å²) in [6, 6.07) is 4.27. The summed E-state index contributed by atoms with van der Waals surface area (Å²) in [6.07, 6.45) is 0. The first-order chi connectivity index (χ1) is 8.52. The molecule has 0 radical (unpaired) electrons. The number of carboxylic acid groups (broad SMARTS) is 1. The number of carboxylic acids is 1. The molecule has 0 bridgehead atoms. The third-order valence-corrected chi connectivity index (χ3v) is 3.41. The largest absolute Gasteiger partial charge is 0.497 e. The number of thiazole rings is 1. The minimum Gasteiger partial charge on any atom is -0.497 e. The van der Waals surface area contributed by atoms with Crippen molar-refractivity contribution >= 4 is 17.3 Å². The number of carbonyl (C=O) groups is 1. The van der Waals surface area contributed by atoms with Crippen molar-refractivity contribution in [3.8, 4) is 16.3 Å². The first kappa shape index (κ1) is 12.5. The molecule has 2 aromatic rings. The normalized spacial score (nSPS) is 10.4. The fraction of sp³-hybridized carbons (Fsp3) is 0.167. The van der Waals surface area contributed by atoms with Gasteiger partial charge in [0.25, 0.3) is 0 Å². The highest BCUT2D eigenvalue weighted by Crippen LogP contribution is 2.31. The van der Waals surface area contributed by atoms with Crippen LogP contribution in [-0.2, 0) is 0 Å². The molecular weight excluding hydrogens is 257 g/mol. The Hall–Kier alpha value is -1.95. The van der Waals surface area contributed by atoms with Gasteiger partial charge in [-0.25, -0.2) is 14.2 Å². The average Bonchev–Trinajstić information content (AvgIpc) is 2.72. The maximum Gasteiger partial charge on any atom is 0.355 e. The highest BCUT2D eigenvalue weighted by Gasteiger charge is 2.17. The maximum atomic E-state index is 13.7. The van der Waals surface area contributed by atoms with Crippen molar-refractivity contribution in [1.82, 2.24) is 4.98 Å². The molecule has 0 aliphatic rings. The van der Waals surface area contributed by atoms with Gasteiger partial charge in [-0.3, -0.25) is 0 Å². The molecule has 0 unspecified atom stereocenters. The van der Waals surface area contributed by atoms with E-state index in [1.54, 1.807) is 6.92 Å². The van der Waals surface area contributed by atoms with Gasteiger partial charge in [-0.05, 0) is 25.1 Å². The van der Waals surface area contributed by atoms with Crippen molar-refractivity contribution in [2.45, 2.75) is 6.92 Å². The summed E-state index contributed by atoms with van der Waals surface area (Å²) in [5.74, 6) is -1.07. The zero-order chi connectivity index (χ0) is 13.3. The molecule has 94 valence electrons. The van der Waals surface area contributed by atoms with E-state index in [1.165, 1.54) is 25.3 Å². The van der Waals surface area contributed by atoms with Crippen LogP contribution in [0.3, 0.4) is 0 Å². The lowest BCUT2D eigenvalue weighted by atomic mass is 10.2. The summed E-state index contributed by atoms with van der Waals surface area (Å²) >= 11 is 1.14. The van der Waals surface area contributed by atoms with E-state index in [1.807, 2.05) is 0 Å². The van der Waals surface area contributed by atoms with Crippen LogP contribution in [0.1, 0.15) is 15.4 Å². The van der Waals surface area contributed by atoms with Crippen molar-refractivity contribution in [2.24, 2.45) is 0 Å². The van der Waals surface area contributed by atoms with Crippen LogP contribution in [0.5, 0.6) is 5.75 Å². The fourth-order valence-corrected chi connectivity index (χ4v) is 2.43. The molecule has 6 heteroatoms. The minimum atomic E-state index is -1.11. The highest BCUT2D eigenvalue weighted by molar-refractivity contribution is 7.15. The Morgan fingerprint density at radius 1 is 1.50 bits per heavy atom. The van der Waals surface area contributed by atoms with E-state index in [9.17, 15) is 9.18 Å². The first-order valence-corrected chi connectivity index (χ1v) is 5.89. The Balaban J connectivity index is 2.54. The second kappa shape index (κ2) is 4.73. The molecule has 1 heterocycles. The highest BCUT2D eigenvalue weighted by atomic mass is 32.1. The van der Waals surface area contributed by atoms with E-state index in [0.717, 1.165) is 11.3 Å². The number of aromatic nitrogens is 1. The van der Waals surface area contributed by atoms with Crippen molar-refractivity contribution in [1.29, 1.82) is 0 Å². The number of hydrogen-bond donors (Lipinski definition) is 1. The summed E-state index contributed by atoms with van der Waals surface area (Å²) < 4.78 is 18.7. The summed E-state index contributed by atoms with van der Waals surface area (Å²) in [7, 11) is 1.48. The number of nitrogens with zero attached hydrogens (tertiary/aromatic N) is 1. The Morgan fingerprint density at radius 3 is 2.78 bits per heavy atom.